The number of hydrogen-bond acceptors (Lipinski definition) is 8. The Hall–Kier alpha value is -3.57. The third-order valence-electron chi connectivity index (χ3n) is 3.64. The Labute approximate surface area is 162 Å². The van der Waals surface area contributed by atoms with E-state index in [2.05, 4.69) is 5.32 Å². The molecule has 146 valence electrons. The Morgan fingerprint density at radius 2 is 1.93 bits per heavy atom. The average Bonchev–Trinajstić information content (AvgIpc) is 2.61. The summed E-state index contributed by atoms with van der Waals surface area (Å²) in [7, 11) is 0. The van der Waals surface area contributed by atoms with Gasteiger partial charge in [-0.25, -0.2) is 4.79 Å². The molecular formula is C20H22N4O4. The number of carbonyl (C=O) groups is 1. The Kier molecular flexibility index (Phi) is 5.91. The number of aromatic hydroxyl groups is 1. The zero-order chi connectivity index (χ0) is 21.1. The third-order valence-corrected chi connectivity index (χ3v) is 3.64. The van der Waals surface area contributed by atoms with Crippen LogP contribution in [0, 0.1) is 16.7 Å². The zero-order valence-corrected chi connectivity index (χ0v) is 15.8. The molecule has 0 saturated heterocycles. The van der Waals surface area contributed by atoms with Crippen LogP contribution in [0.15, 0.2) is 36.4 Å². The van der Waals surface area contributed by atoms with Gasteiger partial charge in [-0.05, 0) is 57.2 Å². The van der Waals surface area contributed by atoms with Crippen LogP contribution in [0.25, 0.3) is 0 Å². The van der Waals surface area contributed by atoms with E-state index in [4.69, 9.17) is 21.1 Å². The molecule has 0 amide bonds. The van der Waals surface area contributed by atoms with Crippen LogP contribution < -0.4 is 11.1 Å². The molecule has 0 bridgehead atoms. The molecule has 8 heteroatoms. The van der Waals surface area contributed by atoms with Crippen molar-refractivity contribution in [3.63, 3.8) is 0 Å². The number of carbonyl (C=O) groups excluding carboxylic acids is 1. The van der Waals surface area contributed by atoms with E-state index in [0.29, 0.717) is 5.69 Å². The van der Waals surface area contributed by atoms with Crippen molar-refractivity contribution in [3.05, 3.63) is 53.1 Å². The van der Waals surface area contributed by atoms with Crippen molar-refractivity contribution >= 4 is 23.1 Å². The lowest BCUT2D eigenvalue weighted by molar-refractivity contribution is 0.00705. The summed E-state index contributed by atoms with van der Waals surface area (Å²) < 4.78 is 5.35. The number of nitrogens with one attached hydrogen (secondary N) is 2. The van der Waals surface area contributed by atoms with Gasteiger partial charge in [-0.15, -0.1) is 0 Å². The first kappa shape index (κ1) is 20.7. The molecule has 0 aliphatic rings. The van der Waals surface area contributed by atoms with Crippen molar-refractivity contribution in [2.24, 2.45) is 0 Å². The van der Waals surface area contributed by atoms with Crippen LogP contribution in [0.4, 0.5) is 11.4 Å². The molecule has 2 rings (SSSR count). The van der Waals surface area contributed by atoms with Crippen molar-refractivity contribution in [1.82, 2.24) is 0 Å². The van der Waals surface area contributed by atoms with Gasteiger partial charge < -0.3 is 26.0 Å². The lowest BCUT2D eigenvalue weighted by atomic mass is 10.1. The highest BCUT2D eigenvalue weighted by Gasteiger charge is 2.23. The van der Waals surface area contributed by atoms with Gasteiger partial charge in [0, 0.05) is 11.3 Å². The van der Waals surface area contributed by atoms with E-state index < -0.39 is 17.8 Å². The molecule has 0 fully saturated rings. The Morgan fingerprint density at radius 1 is 1.25 bits per heavy atom. The minimum Gasteiger partial charge on any atom is -0.507 e. The number of esters is 1. The number of nitrogens with zero attached hydrogens (tertiary/aromatic N) is 1. The van der Waals surface area contributed by atoms with E-state index >= 15 is 0 Å². The molecule has 28 heavy (non-hydrogen) atoms. The molecule has 1 unspecified atom stereocenters. The monoisotopic (exact) mass is 382 g/mol. The van der Waals surface area contributed by atoms with Crippen LogP contribution in [0.1, 0.15) is 42.3 Å². The number of benzene rings is 2. The van der Waals surface area contributed by atoms with Crippen molar-refractivity contribution in [3.8, 4) is 11.8 Å². The normalized spacial score (nSPS) is 12.0. The van der Waals surface area contributed by atoms with E-state index in [1.165, 1.54) is 36.4 Å². The summed E-state index contributed by atoms with van der Waals surface area (Å²) in [5.41, 5.74) is 5.39. The fourth-order valence-electron chi connectivity index (χ4n) is 2.38. The van der Waals surface area contributed by atoms with Gasteiger partial charge >= 0.3 is 5.97 Å². The molecule has 8 nitrogen and oxygen atoms in total. The summed E-state index contributed by atoms with van der Waals surface area (Å²) in [5, 5.41) is 40.2. The van der Waals surface area contributed by atoms with Gasteiger partial charge in [-0.3, -0.25) is 5.41 Å². The number of anilines is 2. The number of ether oxygens (including phenoxy) is 1. The van der Waals surface area contributed by atoms with Gasteiger partial charge in [0.05, 0.1) is 28.6 Å². The van der Waals surface area contributed by atoms with Crippen LogP contribution in [-0.4, -0.2) is 33.7 Å². The molecule has 0 radical (unpaired) electrons. The smallest absolute Gasteiger partial charge is 0.340 e. The van der Waals surface area contributed by atoms with Gasteiger partial charge in [-0.1, -0.05) is 0 Å². The molecular weight excluding hydrogens is 360 g/mol. The number of phenols is 1. The molecule has 0 aromatic heterocycles. The minimum absolute atomic E-state index is 0.0395. The quantitative estimate of drug-likeness (QED) is 0.175. The van der Waals surface area contributed by atoms with Gasteiger partial charge in [0.2, 0.25) is 0 Å². The van der Waals surface area contributed by atoms with Gasteiger partial charge in [-0.2, -0.15) is 5.26 Å². The van der Waals surface area contributed by atoms with E-state index in [1.807, 2.05) is 6.07 Å². The van der Waals surface area contributed by atoms with Crippen LogP contribution in [0.2, 0.25) is 0 Å². The van der Waals surface area contributed by atoms with Gasteiger partial charge in [0.25, 0.3) is 0 Å². The van der Waals surface area contributed by atoms with E-state index in [-0.39, 0.29) is 33.8 Å². The SMILES string of the molecule is CC(C)(C)OC(=O)c1cc(C#N)ccc1NC(O)C(=N)c1cc(N)ccc1O. The summed E-state index contributed by atoms with van der Waals surface area (Å²) in [6, 6.07) is 10.3. The van der Waals surface area contributed by atoms with Crippen LogP contribution in [0.5, 0.6) is 5.75 Å². The summed E-state index contributed by atoms with van der Waals surface area (Å²) in [6.07, 6.45) is -1.55. The number of hydrogen-bond donors (Lipinski definition) is 5. The summed E-state index contributed by atoms with van der Waals surface area (Å²) in [5.74, 6) is -0.898. The predicted molar refractivity (Wildman–Crippen MR) is 105 cm³/mol. The molecule has 0 aliphatic heterocycles. The second-order valence-electron chi connectivity index (χ2n) is 7.11. The number of nitrogen functional groups attached to an aromatic ring is 1. The average molecular weight is 382 g/mol. The highest BCUT2D eigenvalue weighted by atomic mass is 16.6. The van der Waals surface area contributed by atoms with Gasteiger partial charge in [0.1, 0.15) is 11.4 Å². The first-order valence-electron chi connectivity index (χ1n) is 8.41. The van der Waals surface area contributed by atoms with E-state index in [1.54, 1.807) is 20.8 Å². The third kappa shape index (κ3) is 4.99. The van der Waals surface area contributed by atoms with Crippen molar-refractivity contribution < 1.29 is 19.7 Å². The highest BCUT2D eigenvalue weighted by Crippen LogP contribution is 2.25. The standard InChI is InChI=1S/C20H22N4O4/c1-20(2,3)28-19(27)13-8-11(10-21)4-6-15(13)24-18(26)17(23)14-9-12(22)5-7-16(14)25/h4-9,18,23-26H,22H2,1-3H3. The van der Waals surface area contributed by atoms with Crippen molar-refractivity contribution in [2.75, 3.05) is 11.1 Å². The lowest BCUT2D eigenvalue weighted by Crippen LogP contribution is -2.31. The summed E-state index contributed by atoms with van der Waals surface area (Å²) >= 11 is 0. The number of aliphatic hydroxyl groups is 1. The molecule has 6 N–H and O–H groups in total. The summed E-state index contributed by atoms with van der Waals surface area (Å²) in [6.45, 7) is 5.12. The molecule has 0 heterocycles. The molecule has 0 aliphatic carbocycles. The number of nitriles is 1. The fraction of sp³-hybridized carbons (Fsp3) is 0.250. The maximum atomic E-state index is 12.5. The molecule has 0 saturated carbocycles. The maximum Gasteiger partial charge on any atom is 0.340 e. The largest absolute Gasteiger partial charge is 0.507 e. The second kappa shape index (κ2) is 7.98. The topological polar surface area (TPSA) is 152 Å². The molecule has 2 aromatic rings. The lowest BCUT2D eigenvalue weighted by Gasteiger charge is -2.22. The van der Waals surface area contributed by atoms with Crippen molar-refractivity contribution in [2.45, 2.75) is 32.6 Å². The van der Waals surface area contributed by atoms with Crippen LogP contribution >= 0.6 is 0 Å². The Balaban J connectivity index is 2.34. The first-order valence-corrected chi connectivity index (χ1v) is 8.41. The number of rotatable bonds is 5. The second-order valence-corrected chi connectivity index (χ2v) is 7.11. The zero-order valence-electron chi connectivity index (χ0n) is 15.8. The first-order chi connectivity index (χ1) is 13.0. The highest BCUT2D eigenvalue weighted by molar-refractivity contribution is 6.06. The Bertz CT molecular complexity index is 958. The minimum atomic E-state index is -1.55. The van der Waals surface area contributed by atoms with Crippen molar-refractivity contribution in [1.29, 1.82) is 10.7 Å². The maximum absolute atomic E-state index is 12.5. The van der Waals surface area contributed by atoms with E-state index in [9.17, 15) is 15.0 Å². The molecule has 2 aromatic carbocycles. The molecule has 1 atom stereocenters. The fourth-order valence-corrected chi connectivity index (χ4v) is 2.38. The Morgan fingerprint density at radius 3 is 2.54 bits per heavy atom. The summed E-state index contributed by atoms with van der Waals surface area (Å²) in [4.78, 5) is 12.5. The van der Waals surface area contributed by atoms with Gasteiger partial charge in [0.15, 0.2) is 6.23 Å². The van der Waals surface area contributed by atoms with Crippen LogP contribution in [-0.2, 0) is 4.74 Å². The van der Waals surface area contributed by atoms with E-state index in [0.717, 1.165) is 0 Å². The number of nitrogens with two attached hydrogens (primary N) is 1. The molecule has 0 spiro atoms. The predicted octanol–water partition coefficient (Wildman–Crippen LogP) is 2.60. The van der Waals surface area contributed by atoms with Crippen LogP contribution in [0.3, 0.4) is 0 Å². The number of aliphatic hydroxyl groups excluding tert-OH is 1. The number of phenolic OH excluding ortho intramolecular Hbond substituents is 1.